The molecule has 2 aromatic carbocycles. The van der Waals surface area contributed by atoms with E-state index in [9.17, 15) is 5.11 Å². The van der Waals surface area contributed by atoms with Crippen LogP contribution in [0.3, 0.4) is 0 Å². The summed E-state index contributed by atoms with van der Waals surface area (Å²) in [5, 5.41) is 12.9. The van der Waals surface area contributed by atoms with Crippen molar-refractivity contribution in [3.05, 3.63) is 58.1 Å². The van der Waals surface area contributed by atoms with Crippen LogP contribution in [-0.2, 0) is 6.54 Å². The number of ether oxygens (including phenoxy) is 1. The molecule has 0 amide bonds. The largest absolute Gasteiger partial charge is 0.507 e. The molecule has 0 heterocycles. The molecule has 0 aliphatic rings. The third-order valence-electron chi connectivity index (χ3n) is 3.19. The third kappa shape index (κ3) is 5.06. The van der Waals surface area contributed by atoms with Gasteiger partial charge in [0.2, 0.25) is 0 Å². The van der Waals surface area contributed by atoms with E-state index >= 15 is 0 Å². The zero-order valence-corrected chi connectivity index (χ0v) is 13.9. The predicted octanol–water partition coefficient (Wildman–Crippen LogP) is 4.02. The first kappa shape index (κ1) is 15.9. The molecular formula is C17H20BrNO2. The summed E-state index contributed by atoms with van der Waals surface area (Å²) >= 11 is 3.32. The van der Waals surface area contributed by atoms with Gasteiger partial charge in [0.25, 0.3) is 0 Å². The van der Waals surface area contributed by atoms with Crippen molar-refractivity contribution in [3.8, 4) is 11.5 Å². The second-order valence-corrected chi connectivity index (χ2v) is 6.05. The molecule has 112 valence electrons. The molecule has 0 radical (unpaired) electrons. The summed E-state index contributed by atoms with van der Waals surface area (Å²) < 4.78 is 6.46. The van der Waals surface area contributed by atoms with Crippen molar-refractivity contribution in [2.24, 2.45) is 0 Å². The topological polar surface area (TPSA) is 41.5 Å². The lowest BCUT2D eigenvalue weighted by atomic mass is 10.2. The van der Waals surface area contributed by atoms with Crippen LogP contribution in [0.5, 0.6) is 11.5 Å². The van der Waals surface area contributed by atoms with Crippen LogP contribution in [0.1, 0.15) is 18.1 Å². The minimum Gasteiger partial charge on any atom is -0.507 e. The van der Waals surface area contributed by atoms with Crippen LogP contribution in [0, 0.1) is 6.92 Å². The van der Waals surface area contributed by atoms with Crippen LogP contribution in [0.2, 0.25) is 0 Å². The molecule has 2 N–H and O–H groups in total. The van der Waals surface area contributed by atoms with Gasteiger partial charge in [0.1, 0.15) is 18.1 Å². The molecule has 0 aliphatic heterocycles. The van der Waals surface area contributed by atoms with Gasteiger partial charge in [-0.1, -0.05) is 23.8 Å². The number of phenols is 1. The monoisotopic (exact) mass is 349 g/mol. The fraction of sp³-hybridized carbons (Fsp3) is 0.294. The fourth-order valence-electron chi connectivity index (χ4n) is 1.87. The molecule has 0 aromatic heterocycles. The van der Waals surface area contributed by atoms with Crippen LogP contribution in [0.25, 0.3) is 0 Å². The minimum atomic E-state index is 0.235. The standard InChI is InChI=1S/C17H20BrNO2/c1-12-3-6-15(7-4-12)21-11-13(2)19-10-14-5-8-17(20)16(18)9-14/h3-9,13,19-20H,10-11H2,1-2H3. The number of nitrogens with one attached hydrogen (secondary N) is 1. The average Bonchev–Trinajstić information content (AvgIpc) is 2.48. The maximum Gasteiger partial charge on any atom is 0.129 e. The molecule has 0 spiro atoms. The van der Waals surface area contributed by atoms with E-state index < -0.39 is 0 Å². The van der Waals surface area contributed by atoms with E-state index in [4.69, 9.17) is 4.74 Å². The van der Waals surface area contributed by atoms with Gasteiger partial charge in [-0.15, -0.1) is 0 Å². The number of hydrogen-bond acceptors (Lipinski definition) is 3. The number of phenolic OH excluding ortho intramolecular Hbond substituents is 1. The normalized spacial score (nSPS) is 12.1. The van der Waals surface area contributed by atoms with Crippen LogP contribution in [-0.4, -0.2) is 17.8 Å². The fourth-order valence-corrected chi connectivity index (χ4v) is 2.29. The Morgan fingerprint density at radius 1 is 1.19 bits per heavy atom. The van der Waals surface area contributed by atoms with Gasteiger partial charge >= 0.3 is 0 Å². The second kappa shape index (κ2) is 7.48. The summed E-state index contributed by atoms with van der Waals surface area (Å²) in [6.45, 7) is 5.49. The molecule has 1 unspecified atom stereocenters. The maximum absolute atomic E-state index is 9.46. The van der Waals surface area contributed by atoms with E-state index in [1.54, 1.807) is 6.07 Å². The van der Waals surface area contributed by atoms with Crippen molar-refractivity contribution >= 4 is 15.9 Å². The van der Waals surface area contributed by atoms with E-state index in [1.165, 1.54) is 5.56 Å². The third-order valence-corrected chi connectivity index (χ3v) is 3.82. The summed E-state index contributed by atoms with van der Waals surface area (Å²) in [4.78, 5) is 0. The SMILES string of the molecule is Cc1ccc(OCC(C)NCc2ccc(O)c(Br)c2)cc1. The smallest absolute Gasteiger partial charge is 0.129 e. The minimum absolute atomic E-state index is 0.235. The van der Waals surface area contributed by atoms with Crippen LogP contribution >= 0.6 is 15.9 Å². The second-order valence-electron chi connectivity index (χ2n) is 5.19. The molecule has 1 atom stereocenters. The van der Waals surface area contributed by atoms with Crippen molar-refractivity contribution in [2.45, 2.75) is 26.4 Å². The Morgan fingerprint density at radius 2 is 1.90 bits per heavy atom. The summed E-state index contributed by atoms with van der Waals surface area (Å²) in [6.07, 6.45) is 0. The highest BCUT2D eigenvalue weighted by Crippen LogP contribution is 2.24. The van der Waals surface area contributed by atoms with Crippen LogP contribution < -0.4 is 10.1 Å². The van der Waals surface area contributed by atoms with E-state index in [-0.39, 0.29) is 11.8 Å². The molecule has 3 nitrogen and oxygen atoms in total. The molecule has 4 heteroatoms. The van der Waals surface area contributed by atoms with Gasteiger partial charge in [-0.25, -0.2) is 0 Å². The Bertz CT molecular complexity index is 584. The van der Waals surface area contributed by atoms with Gasteiger partial charge in [0.15, 0.2) is 0 Å². The van der Waals surface area contributed by atoms with Crippen molar-refractivity contribution in [2.75, 3.05) is 6.61 Å². The van der Waals surface area contributed by atoms with Gasteiger partial charge in [0.05, 0.1) is 4.47 Å². The molecule has 0 saturated carbocycles. The number of rotatable bonds is 6. The van der Waals surface area contributed by atoms with Crippen molar-refractivity contribution in [1.29, 1.82) is 0 Å². The number of halogens is 1. The Balaban J connectivity index is 1.77. The Hall–Kier alpha value is -1.52. The summed E-state index contributed by atoms with van der Waals surface area (Å²) in [5.41, 5.74) is 2.34. The number of benzene rings is 2. The van der Waals surface area contributed by atoms with Gasteiger partial charge in [-0.05, 0) is 59.6 Å². The first-order chi connectivity index (χ1) is 10.0. The Morgan fingerprint density at radius 3 is 2.57 bits per heavy atom. The molecular weight excluding hydrogens is 330 g/mol. The molecule has 2 aromatic rings. The summed E-state index contributed by atoms with van der Waals surface area (Å²) in [6, 6.07) is 13.8. The van der Waals surface area contributed by atoms with Gasteiger partial charge < -0.3 is 15.2 Å². The molecule has 0 fully saturated rings. The van der Waals surface area contributed by atoms with Crippen molar-refractivity contribution in [3.63, 3.8) is 0 Å². The highest BCUT2D eigenvalue weighted by atomic mass is 79.9. The van der Waals surface area contributed by atoms with Gasteiger partial charge in [-0.3, -0.25) is 0 Å². The average molecular weight is 350 g/mol. The highest BCUT2D eigenvalue weighted by Gasteiger charge is 2.04. The lowest BCUT2D eigenvalue weighted by molar-refractivity contribution is 0.272. The van der Waals surface area contributed by atoms with Crippen molar-refractivity contribution < 1.29 is 9.84 Å². The first-order valence-corrected chi connectivity index (χ1v) is 7.74. The summed E-state index contributed by atoms with van der Waals surface area (Å²) in [7, 11) is 0. The predicted molar refractivity (Wildman–Crippen MR) is 88.8 cm³/mol. The number of aryl methyl sites for hydroxylation is 1. The summed E-state index contributed by atoms with van der Waals surface area (Å²) in [5.74, 6) is 1.15. The van der Waals surface area contributed by atoms with Gasteiger partial charge in [-0.2, -0.15) is 0 Å². The van der Waals surface area contributed by atoms with Crippen LogP contribution in [0.15, 0.2) is 46.9 Å². The van der Waals surface area contributed by atoms with Crippen molar-refractivity contribution in [1.82, 2.24) is 5.32 Å². The number of hydrogen-bond donors (Lipinski definition) is 2. The zero-order valence-electron chi connectivity index (χ0n) is 12.3. The molecule has 0 aliphatic carbocycles. The lowest BCUT2D eigenvalue weighted by Gasteiger charge is -2.15. The van der Waals surface area contributed by atoms with E-state index in [0.29, 0.717) is 11.1 Å². The lowest BCUT2D eigenvalue weighted by Crippen LogP contribution is -2.31. The maximum atomic E-state index is 9.46. The van der Waals surface area contributed by atoms with E-state index in [2.05, 4.69) is 35.1 Å². The van der Waals surface area contributed by atoms with Crippen LogP contribution in [0.4, 0.5) is 0 Å². The quantitative estimate of drug-likeness (QED) is 0.827. The molecule has 0 saturated heterocycles. The first-order valence-electron chi connectivity index (χ1n) is 6.95. The zero-order chi connectivity index (χ0) is 15.2. The van der Waals surface area contributed by atoms with E-state index in [0.717, 1.165) is 17.9 Å². The highest BCUT2D eigenvalue weighted by molar-refractivity contribution is 9.10. The molecule has 2 rings (SSSR count). The Labute approximate surface area is 134 Å². The Kier molecular flexibility index (Phi) is 5.65. The van der Waals surface area contributed by atoms with Gasteiger partial charge in [0, 0.05) is 12.6 Å². The van der Waals surface area contributed by atoms with E-state index in [1.807, 2.05) is 36.4 Å². The molecule has 0 bridgehead atoms. The molecule has 21 heavy (non-hydrogen) atoms. The number of aromatic hydroxyl groups is 1.